The largest absolute Gasteiger partial charge is 0.395 e. The van der Waals surface area contributed by atoms with Crippen LogP contribution >= 0.6 is 0 Å². The molecule has 0 radical (unpaired) electrons. The molecule has 0 N–H and O–H groups in total. The molecule has 20 heavy (non-hydrogen) atoms. The lowest BCUT2D eigenvalue weighted by atomic mass is 9.99. The van der Waals surface area contributed by atoms with Gasteiger partial charge in [0.1, 0.15) is 0 Å². The van der Waals surface area contributed by atoms with E-state index in [0.29, 0.717) is 5.70 Å². The Bertz CT molecular complexity index is 707. The van der Waals surface area contributed by atoms with Crippen LogP contribution in [0.3, 0.4) is 0 Å². The van der Waals surface area contributed by atoms with Gasteiger partial charge in [-0.3, -0.25) is 0 Å². The number of benzene rings is 1. The quantitative estimate of drug-likeness (QED) is 0.759. The fourth-order valence-electron chi connectivity index (χ4n) is 2.41. The summed E-state index contributed by atoms with van der Waals surface area (Å²) in [4.78, 5) is 0. The summed E-state index contributed by atoms with van der Waals surface area (Å²) in [5.74, 6) is -1.39. The van der Waals surface area contributed by atoms with Gasteiger partial charge in [-0.15, -0.1) is 0 Å². The van der Waals surface area contributed by atoms with Crippen LogP contribution < -0.4 is 0 Å². The minimum absolute atomic E-state index is 0.0392. The average molecular weight is 278 g/mol. The first-order chi connectivity index (χ1) is 9.47. The second-order valence-electron chi connectivity index (χ2n) is 4.94. The Kier molecular flexibility index (Phi) is 2.92. The van der Waals surface area contributed by atoms with Crippen LogP contribution in [0.5, 0.6) is 0 Å². The number of hydrogen-bond donors (Lipinski definition) is 0. The topological polar surface area (TPSA) is 17.8 Å². The predicted octanol–water partition coefficient (Wildman–Crippen LogP) is 4.32. The summed E-state index contributed by atoms with van der Waals surface area (Å²) >= 11 is 0. The van der Waals surface area contributed by atoms with E-state index in [0.717, 1.165) is 16.5 Å². The van der Waals surface area contributed by atoms with Gasteiger partial charge in [0, 0.05) is 5.39 Å². The molecule has 1 unspecified atom stereocenters. The number of allylic oxidation sites excluding steroid dienone is 4. The molecule has 1 heterocycles. The number of nitrogens with zero attached hydrogens (tertiary/aromatic N) is 2. The highest BCUT2D eigenvalue weighted by molar-refractivity contribution is 5.85. The van der Waals surface area contributed by atoms with E-state index in [4.69, 9.17) is 0 Å². The lowest BCUT2D eigenvalue weighted by Gasteiger charge is -2.19. The van der Waals surface area contributed by atoms with E-state index in [9.17, 15) is 13.2 Å². The summed E-state index contributed by atoms with van der Waals surface area (Å²) in [6.45, 7) is 1.99. The number of fused-ring (bicyclic) bond motifs is 1. The van der Waals surface area contributed by atoms with Gasteiger partial charge in [0.25, 0.3) is 0 Å². The zero-order valence-corrected chi connectivity index (χ0v) is 10.9. The molecule has 3 rings (SSSR count). The Morgan fingerprint density at radius 2 is 2.10 bits per heavy atom. The fraction of sp³-hybridized carbons (Fsp3) is 0.267. The Balaban J connectivity index is 1.97. The Labute approximate surface area is 114 Å². The van der Waals surface area contributed by atoms with Crippen LogP contribution in [0.2, 0.25) is 0 Å². The Hall–Kier alpha value is -2.04. The number of hydrogen-bond acceptors (Lipinski definition) is 1. The maximum atomic E-state index is 12.6. The van der Waals surface area contributed by atoms with Gasteiger partial charge in [-0.05, 0) is 31.1 Å². The van der Waals surface area contributed by atoms with Crippen LogP contribution in [-0.4, -0.2) is 16.0 Å². The van der Waals surface area contributed by atoms with E-state index < -0.39 is 12.1 Å². The van der Waals surface area contributed by atoms with Crippen molar-refractivity contribution >= 4 is 16.6 Å². The van der Waals surface area contributed by atoms with Gasteiger partial charge in [-0.25, -0.2) is 4.68 Å². The molecule has 1 aromatic heterocycles. The number of alkyl halides is 3. The lowest BCUT2D eigenvalue weighted by molar-refractivity contribution is -0.160. The summed E-state index contributed by atoms with van der Waals surface area (Å²) in [6, 6.07) is 5.82. The predicted molar refractivity (Wildman–Crippen MR) is 72.0 cm³/mol. The van der Waals surface area contributed by atoms with Crippen molar-refractivity contribution in [1.29, 1.82) is 0 Å². The first-order valence-electron chi connectivity index (χ1n) is 6.35. The second kappa shape index (κ2) is 4.51. The van der Waals surface area contributed by atoms with Crippen molar-refractivity contribution in [3.63, 3.8) is 0 Å². The molecule has 0 aliphatic heterocycles. The van der Waals surface area contributed by atoms with Gasteiger partial charge in [0.05, 0.1) is 23.3 Å². The van der Waals surface area contributed by atoms with Crippen molar-refractivity contribution in [2.75, 3.05) is 0 Å². The molecule has 2 nitrogen and oxygen atoms in total. The zero-order valence-electron chi connectivity index (χ0n) is 10.9. The monoisotopic (exact) mass is 278 g/mol. The van der Waals surface area contributed by atoms with E-state index in [1.807, 2.05) is 25.1 Å². The smallest absolute Gasteiger partial charge is 0.233 e. The summed E-state index contributed by atoms with van der Waals surface area (Å²) in [7, 11) is 0. The number of rotatable bonds is 1. The number of halogens is 3. The molecule has 0 fully saturated rings. The lowest BCUT2D eigenvalue weighted by Crippen LogP contribution is -2.22. The summed E-state index contributed by atoms with van der Waals surface area (Å²) < 4.78 is 39.5. The zero-order chi connectivity index (χ0) is 14.3. The van der Waals surface area contributed by atoms with Crippen LogP contribution in [0.25, 0.3) is 16.6 Å². The highest BCUT2D eigenvalue weighted by Gasteiger charge is 2.37. The molecule has 0 saturated heterocycles. The van der Waals surface area contributed by atoms with Crippen molar-refractivity contribution in [3.05, 3.63) is 48.2 Å². The number of aromatic nitrogens is 2. The molecule has 2 aromatic rings. The molecule has 0 bridgehead atoms. The third kappa shape index (κ3) is 2.13. The van der Waals surface area contributed by atoms with Crippen molar-refractivity contribution in [3.8, 4) is 0 Å². The van der Waals surface area contributed by atoms with Crippen LogP contribution in [0.15, 0.2) is 42.6 Å². The molecule has 1 aliphatic rings. The van der Waals surface area contributed by atoms with E-state index in [1.165, 1.54) is 12.2 Å². The summed E-state index contributed by atoms with van der Waals surface area (Å²) in [5.41, 5.74) is 2.69. The molecule has 0 amide bonds. The standard InChI is InChI=1S/C15H13F3N2/c1-10-3-2-4-14-13(10)9-19-20(14)12-7-5-11(6-8-12)15(16,17)18/h2-5,7-9,11H,6H2,1H3. The summed E-state index contributed by atoms with van der Waals surface area (Å²) in [6.07, 6.45) is 1.82. The highest BCUT2D eigenvalue weighted by atomic mass is 19.4. The fourth-order valence-corrected chi connectivity index (χ4v) is 2.41. The Morgan fingerprint density at radius 3 is 2.75 bits per heavy atom. The maximum absolute atomic E-state index is 12.6. The van der Waals surface area contributed by atoms with Crippen molar-refractivity contribution in [2.24, 2.45) is 5.92 Å². The molecule has 0 saturated carbocycles. The van der Waals surface area contributed by atoms with Crippen molar-refractivity contribution in [1.82, 2.24) is 9.78 Å². The first-order valence-corrected chi connectivity index (χ1v) is 6.35. The van der Waals surface area contributed by atoms with Gasteiger partial charge in [0.15, 0.2) is 0 Å². The van der Waals surface area contributed by atoms with Crippen LogP contribution in [0, 0.1) is 12.8 Å². The van der Waals surface area contributed by atoms with E-state index >= 15 is 0 Å². The van der Waals surface area contributed by atoms with E-state index in [-0.39, 0.29) is 6.42 Å². The molecular formula is C15H13F3N2. The third-order valence-corrected chi connectivity index (χ3v) is 3.58. The van der Waals surface area contributed by atoms with Gasteiger partial charge in [-0.2, -0.15) is 18.3 Å². The molecule has 104 valence electrons. The Morgan fingerprint density at radius 1 is 1.30 bits per heavy atom. The van der Waals surface area contributed by atoms with Crippen molar-refractivity contribution < 1.29 is 13.2 Å². The minimum Gasteiger partial charge on any atom is -0.233 e. The van der Waals surface area contributed by atoms with Crippen LogP contribution in [0.4, 0.5) is 13.2 Å². The van der Waals surface area contributed by atoms with Crippen molar-refractivity contribution in [2.45, 2.75) is 19.5 Å². The SMILES string of the molecule is Cc1cccc2c1cnn2C1=CCC(C(F)(F)F)C=C1. The normalized spacial score (nSPS) is 19.4. The minimum atomic E-state index is -4.18. The van der Waals surface area contributed by atoms with Gasteiger partial charge in [0.2, 0.25) is 0 Å². The molecule has 1 aliphatic carbocycles. The highest BCUT2D eigenvalue weighted by Crippen LogP contribution is 2.34. The molecule has 1 aromatic carbocycles. The van der Waals surface area contributed by atoms with Crippen LogP contribution in [0.1, 0.15) is 12.0 Å². The average Bonchev–Trinajstić information content (AvgIpc) is 2.83. The molecule has 1 atom stereocenters. The van der Waals surface area contributed by atoms with E-state index in [1.54, 1.807) is 17.0 Å². The van der Waals surface area contributed by atoms with Crippen LogP contribution in [-0.2, 0) is 0 Å². The van der Waals surface area contributed by atoms with Gasteiger partial charge in [-0.1, -0.05) is 24.3 Å². The third-order valence-electron chi connectivity index (χ3n) is 3.58. The van der Waals surface area contributed by atoms with Gasteiger partial charge < -0.3 is 0 Å². The van der Waals surface area contributed by atoms with Gasteiger partial charge >= 0.3 is 6.18 Å². The second-order valence-corrected chi connectivity index (χ2v) is 4.94. The number of aryl methyl sites for hydroxylation is 1. The first kappa shape index (κ1) is 13.0. The maximum Gasteiger partial charge on any atom is 0.395 e. The van der Waals surface area contributed by atoms with E-state index in [2.05, 4.69) is 5.10 Å². The molecule has 0 spiro atoms. The molecular weight excluding hydrogens is 265 g/mol. The summed E-state index contributed by atoms with van der Waals surface area (Å²) in [5, 5.41) is 5.30. The molecule has 5 heteroatoms.